The van der Waals surface area contributed by atoms with Gasteiger partial charge in [-0.05, 0) is 43.2 Å². The van der Waals surface area contributed by atoms with E-state index in [2.05, 4.69) is 4.98 Å². The maximum atomic E-state index is 13.0. The van der Waals surface area contributed by atoms with Crippen LogP contribution < -0.4 is 0 Å². The van der Waals surface area contributed by atoms with Gasteiger partial charge in [-0.2, -0.15) is 4.31 Å². The molecule has 1 aliphatic heterocycles. The van der Waals surface area contributed by atoms with Gasteiger partial charge in [0.2, 0.25) is 21.7 Å². The number of nitrogens with one attached hydrogen (secondary N) is 1. The monoisotopic (exact) mass is 461 g/mol. The maximum absolute atomic E-state index is 13.0. The predicted molar refractivity (Wildman–Crippen MR) is 117 cm³/mol. The van der Waals surface area contributed by atoms with E-state index in [-0.39, 0.29) is 62.2 Å². The lowest BCUT2D eigenvalue weighted by molar-refractivity contribution is -0.145. The molecular formula is C22H27N3O6S. The Morgan fingerprint density at radius 2 is 1.75 bits per heavy atom. The summed E-state index contributed by atoms with van der Waals surface area (Å²) in [6.45, 7) is 4.11. The van der Waals surface area contributed by atoms with Crippen molar-refractivity contribution in [3.05, 3.63) is 53.3 Å². The zero-order chi connectivity index (χ0) is 23.3. The molecule has 0 bridgehead atoms. The van der Waals surface area contributed by atoms with Gasteiger partial charge in [-0.3, -0.25) is 14.4 Å². The van der Waals surface area contributed by atoms with E-state index < -0.39 is 16.0 Å². The molecule has 172 valence electrons. The lowest BCUT2D eigenvalue weighted by Crippen LogP contribution is -2.50. The fraction of sp³-hybridized carbons (Fsp3) is 0.409. The SMILES string of the molecule is Cc1ccc(C)c(S(=O)(=O)N2CCN(C(=O)CCC(=O)OCC(=O)c3ccc[nH]3)CC2)c1. The first-order valence-electron chi connectivity index (χ1n) is 10.4. The van der Waals surface area contributed by atoms with Crippen molar-refractivity contribution < 1.29 is 27.5 Å². The van der Waals surface area contributed by atoms with Gasteiger partial charge in [0.05, 0.1) is 17.0 Å². The minimum absolute atomic E-state index is 0.0563. The van der Waals surface area contributed by atoms with Crippen molar-refractivity contribution in [3.8, 4) is 0 Å². The van der Waals surface area contributed by atoms with Crippen LogP contribution in [-0.2, 0) is 24.3 Å². The first-order valence-corrected chi connectivity index (χ1v) is 11.8. The number of carbonyl (C=O) groups excluding carboxylic acids is 3. The summed E-state index contributed by atoms with van der Waals surface area (Å²) in [5.74, 6) is -1.23. The number of carbonyl (C=O) groups is 3. The highest BCUT2D eigenvalue weighted by atomic mass is 32.2. The largest absolute Gasteiger partial charge is 0.457 e. The summed E-state index contributed by atoms with van der Waals surface area (Å²) in [6.07, 6.45) is 1.40. The average molecular weight is 462 g/mol. The lowest BCUT2D eigenvalue weighted by Gasteiger charge is -2.34. The number of aromatic amines is 1. The van der Waals surface area contributed by atoms with Crippen molar-refractivity contribution in [2.45, 2.75) is 31.6 Å². The number of H-pyrrole nitrogens is 1. The molecule has 1 aromatic heterocycles. The van der Waals surface area contributed by atoms with E-state index >= 15 is 0 Å². The summed E-state index contributed by atoms with van der Waals surface area (Å²) in [5, 5.41) is 0. The van der Waals surface area contributed by atoms with Crippen molar-refractivity contribution in [3.63, 3.8) is 0 Å². The Morgan fingerprint density at radius 3 is 2.41 bits per heavy atom. The molecule has 1 aromatic carbocycles. The Balaban J connectivity index is 1.45. The smallest absolute Gasteiger partial charge is 0.306 e. The molecule has 2 aromatic rings. The fourth-order valence-electron chi connectivity index (χ4n) is 3.47. The lowest BCUT2D eigenvalue weighted by atomic mass is 10.2. The Kier molecular flexibility index (Phi) is 7.47. The number of benzene rings is 1. The number of aryl methyl sites for hydroxylation is 2. The number of hydrogen-bond donors (Lipinski definition) is 1. The highest BCUT2D eigenvalue weighted by molar-refractivity contribution is 7.89. The van der Waals surface area contributed by atoms with Crippen molar-refractivity contribution in [1.82, 2.24) is 14.2 Å². The Bertz CT molecular complexity index is 1090. The van der Waals surface area contributed by atoms with E-state index in [4.69, 9.17) is 4.74 Å². The zero-order valence-corrected chi connectivity index (χ0v) is 19.0. The number of amides is 1. The number of Topliss-reactive ketones (excluding diaryl/α,β-unsaturated/α-hetero) is 1. The number of nitrogens with zero attached hydrogens (tertiary/aromatic N) is 2. The van der Waals surface area contributed by atoms with Crippen molar-refractivity contribution in [2.24, 2.45) is 0 Å². The first-order chi connectivity index (χ1) is 15.2. The van der Waals surface area contributed by atoms with Crippen LogP contribution in [0.4, 0.5) is 0 Å². The van der Waals surface area contributed by atoms with Gasteiger partial charge < -0.3 is 14.6 Å². The summed E-state index contributed by atoms with van der Waals surface area (Å²) < 4.78 is 32.3. The Morgan fingerprint density at radius 1 is 1.03 bits per heavy atom. The Hall–Kier alpha value is -2.98. The summed E-state index contributed by atoms with van der Waals surface area (Å²) in [5.41, 5.74) is 1.90. The molecule has 0 spiro atoms. The van der Waals surface area contributed by atoms with Crippen molar-refractivity contribution in [1.29, 1.82) is 0 Å². The van der Waals surface area contributed by atoms with Gasteiger partial charge >= 0.3 is 5.97 Å². The summed E-state index contributed by atoms with van der Waals surface area (Å²) in [6, 6.07) is 8.56. The van der Waals surface area contributed by atoms with Crippen LogP contribution in [0.25, 0.3) is 0 Å². The molecule has 0 atom stereocenters. The summed E-state index contributed by atoms with van der Waals surface area (Å²) >= 11 is 0. The molecule has 32 heavy (non-hydrogen) atoms. The second-order valence-electron chi connectivity index (χ2n) is 7.72. The van der Waals surface area contributed by atoms with Gasteiger partial charge in [0, 0.05) is 38.8 Å². The molecule has 9 nitrogen and oxygen atoms in total. The zero-order valence-electron chi connectivity index (χ0n) is 18.2. The molecule has 1 saturated heterocycles. The molecule has 0 aliphatic carbocycles. The van der Waals surface area contributed by atoms with E-state index in [1.807, 2.05) is 13.0 Å². The molecule has 10 heteroatoms. The third kappa shape index (κ3) is 5.63. The molecule has 0 radical (unpaired) electrons. The molecule has 1 N–H and O–H groups in total. The van der Waals surface area contributed by atoms with E-state index in [0.29, 0.717) is 11.3 Å². The second-order valence-corrected chi connectivity index (χ2v) is 9.63. The van der Waals surface area contributed by atoms with Gasteiger partial charge in [0.25, 0.3) is 0 Å². The van der Waals surface area contributed by atoms with Gasteiger partial charge in [0.1, 0.15) is 0 Å². The summed E-state index contributed by atoms with van der Waals surface area (Å²) in [4.78, 5) is 40.7. The van der Waals surface area contributed by atoms with E-state index in [1.165, 1.54) is 4.31 Å². The van der Waals surface area contributed by atoms with E-state index in [1.54, 1.807) is 42.3 Å². The van der Waals surface area contributed by atoms with Gasteiger partial charge in [-0.15, -0.1) is 0 Å². The van der Waals surface area contributed by atoms with Gasteiger partial charge in [-0.1, -0.05) is 12.1 Å². The average Bonchev–Trinajstić information content (AvgIpc) is 3.32. The number of ether oxygens (including phenoxy) is 1. The van der Waals surface area contributed by atoms with Crippen LogP contribution in [0.5, 0.6) is 0 Å². The number of sulfonamides is 1. The molecule has 0 unspecified atom stereocenters. The molecule has 1 aliphatic rings. The molecule has 1 fully saturated rings. The van der Waals surface area contributed by atoms with E-state index in [9.17, 15) is 22.8 Å². The number of piperazine rings is 1. The number of ketones is 1. The standard InChI is InChI=1S/C22H27N3O6S/c1-16-5-6-17(2)20(14-16)32(29,30)25-12-10-24(11-13-25)21(27)7-8-22(28)31-15-19(26)18-4-3-9-23-18/h3-6,9,14,23H,7-8,10-13,15H2,1-2H3. The Labute approximate surface area is 187 Å². The van der Waals surface area contributed by atoms with Crippen LogP contribution in [-0.4, -0.2) is 73.1 Å². The quantitative estimate of drug-likeness (QED) is 0.472. The third-order valence-electron chi connectivity index (χ3n) is 5.36. The minimum Gasteiger partial charge on any atom is -0.457 e. The molecule has 3 rings (SSSR count). The van der Waals surface area contributed by atoms with Crippen LogP contribution in [0.3, 0.4) is 0 Å². The molecule has 1 amide bonds. The highest BCUT2D eigenvalue weighted by Gasteiger charge is 2.31. The van der Waals surface area contributed by atoms with Crippen LogP contribution >= 0.6 is 0 Å². The predicted octanol–water partition coefficient (Wildman–Crippen LogP) is 1.67. The number of aromatic nitrogens is 1. The molecule has 2 heterocycles. The second kappa shape index (κ2) is 10.1. The minimum atomic E-state index is -3.64. The third-order valence-corrected chi connectivity index (χ3v) is 7.40. The highest BCUT2D eigenvalue weighted by Crippen LogP contribution is 2.22. The van der Waals surface area contributed by atoms with Gasteiger partial charge in [-0.25, -0.2) is 8.42 Å². The van der Waals surface area contributed by atoms with Crippen LogP contribution in [0, 0.1) is 13.8 Å². The van der Waals surface area contributed by atoms with Gasteiger partial charge in [0.15, 0.2) is 6.61 Å². The first kappa shape index (κ1) is 23.7. The fourth-order valence-corrected chi connectivity index (χ4v) is 5.20. The number of hydrogen-bond acceptors (Lipinski definition) is 6. The van der Waals surface area contributed by atoms with Crippen molar-refractivity contribution >= 4 is 27.7 Å². The van der Waals surface area contributed by atoms with E-state index in [0.717, 1.165) is 5.56 Å². The number of rotatable bonds is 8. The van der Waals surface area contributed by atoms with Crippen LogP contribution in [0.15, 0.2) is 41.4 Å². The van der Waals surface area contributed by atoms with Crippen molar-refractivity contribution in [2.75, 3.05) is 32.8 Å². The normalized spacial score (nSPS) is 14.9. The van der Waals surface area contributed by atoms with Crippen LogP contribution in [0.1, 0.15) is 34.5 Å². The molecular weight excluding hydrogens is 434 g/mol. The number of esters is 1. The van der Waals surface area contributed by atoms with Crippen LogP contribution in [0.2, 0.25) is 0 Å². The topological polar surface area (TPSA) is 117 Å². The maximum Gasteiger partial charge on any atom is 0.306 e. The molecule has 0 saturated carbocycles. The summed E-state index contributed by atoms with van der Waals surface area (Å²) in [7, 11) is -3.64.